The Morgan fingerprint density at radius 2 is 2.05 bits per heavy atom. The van der Waals surface area contributed by atoms with Crippen molar-refractivity contribution in [1.82, 2.24) is 0 Å². The van der Waals surface area contributed by atoms with Crippen LogP contribution in [0.3, 0.4) is 0 Å². The first-order valence-electron chi connectivity index (χ1n) is 8.60. The molecule has 3 heteroatoms. The van der Waals surface area contributed by atoms with E-state index in [1.807, 2.05) is 0 Å². The van der Waals surface area contributed by atoms with Gasteiger partial charge in [0.25, 0.3) is 0 Å². The summed E-state index contributed by atoms with van der Waals surface area (Å²) in [5.74, 6) is 0.993. The van der Waals surface area contributed by atoms with Crippen LogP contribution < -0.4 is 4.74 Å². The van der Waals surface area contributed by atoms with Crippen LogP contribution in [0.1, 0.15) is 63.9 Å². The van der Waals surface area contributed by atoms with E-state index in [0.29, 0.717) is 6.04 Å². The van der Waals surface area contributed by atoms with Crippen molar-refractivity contribution >= 4 is 24.2 Å². The quantitative estimate of drug-likeness (QED) is 0.545. The first kappa shape index (κ1) is 15.8. The first-order valence-corrected chi connectivity index (χ1v) is 10.3. The molecule has 1 aliphatic heterocycles. The molecule has 1 aliphatic carbocycles. The molecule has 0 unspecified atom stereocenters. The Morgan fingerprint density at radius 1 is 1.23 bits per heavy atom. The van der Waals surface area contributed by atoms with Crippen LogP contribution in [0.25, 0.3) is 4.47 Å². The van der Waals surface area contributed by atoms with Crippen molar-refractivity contribution in [3.63, 3.8) is 0 Å². The van der Waals surface area contributed by atoms with Gasteiger partial charge in [-0.05, 0) is 0 Å². The minimum atomic E-state index is 0.222. The third kappa shape index (κ3) is 4.02. The normalized spacial score (nSPS) is 22.6. The molecular formula is C19H25NOSe. The van der Waals surface area contributed by atoms with E-state index >= 15 is 0 Å². The summed E-state index contributed by atoms with van der Waals surface area (Å²) in [7, 11) is 0. The number of fused-ring (bicyclic) bond motifs is 1. The van der Waals surface area contributed by atoms with Gasteiger partial charge in [-0.2, -0.15) is 0 Å². The van der Waals surface area contributed by atoms with Crippen LogP contribution in [0.4, 0.5) is 0 Å². The Hall–Kier alpha value is -1.05. The molecule has 0 atom stereocenters. The zero-order valence-corrected chi connectivity index (χ0v) is 15.1. The van der Waals surface area contributed by atoms with Crippen molar-refractivity contribution in [2.24, 2.45) is 4.99 Å². The molecule has 1 aromatic rings. The van der Waals surface area contributed by atoms with Gasteiger partial charge in [-0.3, -0.25) is 0 Å². The first-order chi connectivity index (χ1) is 10.9. The molecule has 0 spiro atoms. The van der Waals surface area contributed by atoms with E-state index in [1.54, 1.807) is 0 Å². The molecule has 0 aromatic heterocycles. The van der Waals surface area contributed by atoms with Crippen LogP contribution in [-0.2, 0) is 0 Å². The van der Waals surface area contributed by atoms with Gasteiger partial charge in [0.05, 0.1) is 0 Å². The number of nitrogens with zero attached hydrogens (tertiary/aromatic N) is 1. The molecule has 1 saturated carbocycles. The van der Waals surface area contributed by atoms with Crippen LogP contribution in [0, 0.1) is 0 Å². The summed E-state index contributed by atoms with van der Waals surface area (Å²) >= 11 is 0.222. The predicted octanol–water partition coefficient (Wildman–Crippen LogP) is 5.00. The number of hydrogen-bond donors (Lipinski definition) is 0. The predicted molar refractivity (Wildman–Crippen MR) is 94.6 cm³/mol. The van der Waals surface area contributed by atoms with Crippen molar-refractivity contribution in [3.8, 4) is 5.75 Å². The molecule has 1 aromatic carbocycles. The molecule has 0 N–H and O–H groups in total. The Bertz CT molecular complexity index is 558. The van der Waals surface area contributed by atoms with Crippen molar-refractivity contribution in [3.05, 3.63) is 35.9 Å². The average molecular weight is 362 g/mol. The van der Waals surface area contributed by atoms with E-state index in [2.05, 4.69) is 37.3 Å². The van der Waals surface area contributed by atoms with E-state index < -0.39 is 0 Å². The molecular weight excluding hydrogens is 337 g/mol. The van der Waals surface area contributed by atoms with Gasteiger partial charge in [0, 0.05) is 0 Å². The Kier molecular flexibility index (Phi) is 5.75. The number of ether oxygens (including phenoxy) is 1. The van der Waals surface area contributed by atoms with E-state index in [1.165, 1.54) is 61.4 Å². The third-order valence-corrected chi connectivity index (χ3v) is 6.33. The standard InChI is InChI=1S/C19H25NOSe/c1-2-3-5-14-18-16-12-8-9-13-17(16)21-19(22-18)20-15-10-6-4-7-11-15/h8-9,12-15H,2-7,10-11H2,1H3/b18-14+,20-19?. The molecule has 118 valence electrons. The summed E-state index contributed by atoms with van der Waals surface area (Å²) in [4.78, 5) is 5.94. The SMILES string of the molecule is CCCC/C=C1/[Se]C(=NC2CCCCC2)Oc2ccccc21. The molecule has 0 saturated heterocycles. The van der Waals surface area contributed by atoms with E-state index in [-0.39, 0.29) is 15.0 Å². The summed E-state index contributed by atoms with van der Waals surface area (Å²) < 4.78 is 7.56. The van der Waals surface area contributed by atoms with Gasteiger partial charge >= 0.3 is 140 Å². The van der Waals surface area contributed by atoms with Crippen LogP contribution in [0.2, 0.25) is 0 Å². The molecule has 0 radical (unpaired) electrons. The number of hydrogen-bond acceptors (Lipinski definition) is 2. The molecule has 2 aliphatic rings. The maximum atomic E-state index is 6.11. The summed E-state index contributed by atoms with van der Waals surface area (Å²) in [5, 5.41) is 0. The van der Waals surface area contributed by atoms with Gasteiger partial charge in [0.1, 0.15) is 0 Å². The number of allylic oxidation sites excluding steroid dienone is 1. The second-order valence-corrected chi connectivity index (χ2v) is 8.18. The van der Waals surface area contributed by atoms with E-state index in [9.17, 15) is 0 Å². The van der Waals surface area contributed by atoms with Gasteiger partial charge in [-0.25, -0.2) is 0 Å². The molecule has 2 nitrogen and oxygen atoms in total. The summed E-state index contributed by atoms with van der Waals surface area (Å²) in [5.41, 5.74) is 1.28. The van der Waals surface area contributed by atoms with Gasteiger partial charge < -0.3 is 0 Å². The van der Waals surface area contributed by atoms with Gasteiger partial charge in [-0.15, -0.1) is 0 Å². The molecule has 3 rings (SSSR count). The van der Waals surface area contributed by atoms with Crippen molar-refractivity contribution in [1.29, 1.82) is 0 Å². The zero-order chi connectivity index (χ0) is 15.2. The van der Waals surface area contributed by atoms with E-state index in [0.717, 1.165) is 10.5 Å². The summed E-state index contributed by atoms with van der Waals surface area (Å²) in [6.45, 7) is 2.25. The second-order valence-electron chi connectivity index (χ2n) is 6.10. The monoisotopic (exact) mass is 363 g/mol. The fraction of sp³-hybridized carbons (Fsp3) is 0.526. The molecule has 22 heavy (non-hydrogen) atoms. The summed E-state index contributed by atoms with van der Waals surface area (Å²) in [6, 6.07) is 8.92. The van der Waals surface area contributed by atoms with Gasteiger partial charge in [0.2, 0.25) is 0 Å². The van der Waals surface area contributed by atoms with Crippen LogP contribution in [0.5, 0.6) is 5.75 Å². The molecule has 0 bridgehead atoms. The number of unbranched alkanes of at least 4 members (excludes halogenated alkanes) is 2. The topological polar surface area (TPSA) is 21.6 Å². The number of aliphatic imine (C=N–C) groups is 1. The van der Waals surface area contributed by atoms with Crippen LogP contribution in [-0.4, -0.2) is 25.8 Å². The molecule has 1 heterocycles. The third-order valence-electron chi connectivity index (χ3n) is 4.30. The zero-order valence-electron chi connectivity index (χ0n) is 13.4. The average Bonchev–Trinajstić information content (AvgIpc) is 2.56. The maximum absolute atomic E-state index is 6.11. The number of para-hydroxylation sites is 1. The van der Waals surface area contributed by atoms with Gasteiger partial charge in [-0.1, -0.05) is 0 Å². The fourth-order valence-corrected chi connectivity index (χ4v) is 5.12. The summed E-state index contributed by atoms with van der Waals surface area (Å²) in [6.07, 6.45) is 12.6. The van der Waals surface area contributed by atoms with Crippen molar-refractivity contribution in [2.45, 2.75) is 64.3 Å². The molecule has 1 fully saturated rings. The molecule has 0 amide bonds. The minimum absolute atomic E-state index is 0.222. The fourth-order valence-electron chi connectivity index (χ4n) is 3.02. The van der Waals surface area contributed by atoms with Crippen molar-refractivity contribution < 1.29 is 4.74 Å². The number of benzene rings is 1. The van der Waals surface area contributed by atoms with Crippen LogP contribution in [0.15, 0.2) is 35.3 Å². The Morgan fingerprint density at radius 3 is 2.86 bits per heavy atom. The van der Waals surface area contributed by atoms with Gasteiger partial charge in [0.15, 0.2) is 0 Å². The van der Waals surface area contributed by atoms with Crippen molar-refractivity contribution in [2.75, 3.05) is 0 Å². The van der Waals surface area contributed by atoms with Crippen LogP contribution >= 0.6 is 0 Å². The number of rotatable bonds is 4. The Balaban J connectivity index is 1.81. The second kappa shape index (κ2) is 7.99. The van der Waals surface area contributed by atoms with E-state index in [4.69, 9.17) is 9.73 Å². The Labute approximate surface area is 140 Å².